The lowest BCUT2D eigenvalue weighted by molar-refractivity contribution is -0.384. The number of carbonyl (C=O) groups excluding carboxylic acids is 1. The topological polar surface area (TPSA) is 76.3 Å². The number of hydrogen-bond donors (Lipinski definition) is 0. The van der Waals surface area contributed by atoms with Gasteiger partial charge in [-0.15, -0.1) is 22.7 Å². The first-order chi connectivity index (χ1) is 13.0. The van der Waals surface area contributed by atoms with Crippen LogP contribution in [0.4, 0.5) is 5.69 Å². The summed E-state index contributed by atoms with van der Waals surface area (Å²) in [5.74, 6) is -0.0727. The molecular formula is C19H17N3O3S2. The zero-order valence-corrected chi connectivity index (χ0v) is 16.3. The molecular weight excluding hydrogens is 382 g/mol. The molecule has 3 aromatic rings. The average Bonchev–Trinajstić information content (AvgIpc) is 3.41. The molecule has 4 rings (SSSR count). The number of aryl methyl sites for hydroxylation is 1. The van der Waals surface area contributed by atoms with E-state index < -0.39 is 4.92 Å². The van der Waals surface area contributed by atoms with Crippen LogP contribution >= 0.6 is 22.7 Å². The van der Waals surface area contributed by atoms with E-state index in [-0.39, 0.29) is 17.6 Å². The van der Waals surface area contributed by atoms with Gasteiger partial charge in [-0.25, -0.2) is 4.98 Å². The number of thiazole rings is 1. The lowest BCUT2D eigenvalue weighted by atomic mass is 10.2. The molecule has 0 aliphatic carbocycles. The van der Waals surface area contributed by atoms with E-state index >= 15 is 0 Å². The minimum atomic E-state index is -0.430. The molecule has 1 saturated heterocycles. The highest BCUT2D eigenvalue weighted by Crippen LogP contribution is 2.37. The fraction of sp³-hybridized carbons (Fsp3) is 0.263. The first kappa shape index (κ1) is 17.8. The number of non-ortho nitro benzene ring substituents is 1. The highest BCUT2D eigenvalue weighted by Gasteiger charge is 2.32. The quantitative estimate of drug-likeness (QED) is 0.453. The second-order valence-electron chi connectivity index (χ2n) is 6.45. The Morgan fingerprint density at radius 1 is 1.33 bits per heavy atom. The van der Waals surface area contributed by atoms with Gasteiger partial charge in [0.15, 0.2) is 0 Å². The van der Waals surface area contributed by atoms with Crippen LogP contribution in [-0.4, -0.2) is 27.3 Å². The van der Waals surface area contributed by atoms with E-state index in [2.05, 4.69) is 24.0 Å². The van der Waals surface area contributed by atoms with Crippen molar-refractivity contribution < 1.29 is 9.72 Å². The van der Waals surface area contributed by atoms with Crippen LogP contribution in [-0.2, 0) is 0 Å². The van der Waals surface area contributed by atoms with Crippen LogP contribution in [0, 0.1) is 17.0 Å². The molecule has 0 N–H and O–H groups in total. The normalized spacial score (nSPS) is 16.6. The molecule has 0 saturated carbocycles. The van der Waals surface area contributed by atoms with Crippen molar-refractivity contribution >= 4 is 34.3 Å². The Balaban J connectivity index is 1.58. The number of likely N-dealkylation sites (tertiary alicyclic amines) is 1. The molecule has 27 heavy (non-hydrogen) atoms. The van der Waals surface area contributed by atoms with Gasteiger partial charge in [0.2, 0.25) is 0 Å². The molecule has 1 unspecified atom stereocenters. The van der Waals surface area contributed by atoms with Crippen molar-refractivity contribution in [1.82, 2.24) is 9.88 Å². The molecule has 138 valence electrons. The molecule has 3 heterocycles. The Bertz CT molecular complexity index is 1010. The molecule has 6 nitrogen and oxygen atoms in total. The van der Waals surface area contributed by atoms with E-state index in [0.29, 0.717) is 16.3 Å². The first-order valence-electron chi connectivity index (χ1n) is 8.60. The van der Waals surface area contributed by atoms with Gasteiger partial charge in [-0.1, -0.05) is 12.1 Å². The smallest absolute Gasteiger partial charge is 0.273 e. The Kier molecular flexibility index (Phi) is 4.75. The van der Waals surface area contributed by atoms with E-state index in [4.69, 9.17) is 0 Å². The van der Waals surface area contributed by atoms with Gasteiger partial charge < -0.3 is 4.90 Å². The number of amides is 1. The largest absolute Gasteiger partial charge is 0.329 e. The molecule has 1 aliphatic rings. The number of aromatic nitrogens is 1. The third kappa shape index (κ3) is 3.50. The van der Waals surface area contributed by atoms with Crippen LogP contribution in [0.25, 0.3) is 10.6 Å². The summed E-state index contributed by atoms with van der Waals surface area (Å²) in [6.07, 6.45) is 1.95. The Hall–Kier alpha value is -2.58. The van der Waals surface area contributed by atoms with Crippen molar-refractivity contribution in [3.63, 3.8) is 0 Å². The van der Waals surface area contributed by atoms with Crippen molar-refractivity contribution in [2.24, 2.45) is 0 Å². The summed E-state index contributed by atoms with van der Waals surface area (Å²) in [6.45, 7) is 2.80. The minimum Gasteiger partial charge on any atom is -0.329 e. The maximum atomic E-state index is 13.0. The summed E-state index contributed by atoms with van der Waals surface area (Å²) < 4.78 is 0. The SMILES string of the molecule is Cc1ccc(C2CCCN2C(=O)c2csc(-c3cccc([N+](=O)[O-])c3)n2)s1. The molecule has 0 bridgehead atoms. The van der Waals surface area contributed by atoms with Crippen molar-refractivity contribution in [2.75, 3.05) is 6.54 Å². The molecule has 0 spiro atoms. The van der Waals surface area contributed by atoms with Gasteiger partial charge in [-0.05, 0) is 31.9 Å². The number of nitro benzene ring substituents is 1. The Labute approximate surface area is 164 Å². The summed E-state index contributed by atoms with van der Waals surface area (Å²) >= 11 is 3.06. The van der Waals surface area contributed by atoms with Crippen molar-refractivity contribution in [3.05, 3.63) is 67.3 Å². The molecule has 8 heteroatoms. The monoisotopic (exact) mass is 399 g/mol. The Morgan fingerprint density at radius 3 is 2.93 bits per heavy atom. The number of nitrogens with zero attached hydrogens (tertiary/aromatic N) is 3. The van der Waals surface area contributed by atoms with Crippen LogP contribution in [0.1, 0.15) is 39.1 Å². The fourth-order valence-corrected chi connectivity index (χ4v) is 5.16. The van der Waals surface area contributed by atoms with E-state index in [1.807, 2.05) is 4.90 Å². The molecule has 1 aliphatic heterocycles. The number of rotatable bonds is 4. The average molecular weight is 399 g/mol. The van der Waals surface area contributed by atoms with Crippen molar-refractivity contribution in [3.8, 4) is 10.6 Å². The summed E-state index contributed by atoms with van der Waals surface area (Å²) in [7, 11) is 0. The lowest BCUT2D eigenvalue weighted by Crippen LogP contribution is -2.30. The van der Waals surface area contributed by atoms with Crippen LogP contribution < -0.4 is 0 Å². The van der Waals surface area contributed by atoms with Crippen molar-refractivity contribution in [2.45, 2.75) is 25.8 Å². The second-order valence-corrected chi connectivity index (χ2v) is 8.63. The van der Waals surface area contributed by atoms with E-state index in [9.17, 15) is 14.9 Å². The van der Waals surface area contributed by atoms with Gasteiger partial charge >= 0.3 is 0 Å². The van der Waals surface area contributed by atoms with E-state index in [1.165, 1.54) is 33.2 Å². The van der Waals surface area contributed by atoms with Crippen LogP contribution in [0.3, 0.4) is 0 Å². The van der Waals surface area contributed by atoms with Gasteiger partial charge in [0, 0.05) is 39.4 Å². The summed E-state index contributed by atoms with van der Waals surface area (Å²) in [5, 5.41) is 13.3. The predicted molar refractivity (Wildman–Crippen MR) is 106 cm³/mol. The Morgan fingerprint density at radius 2 is 2.19 bits per heavy atom. The maximum Gasteiger partial charge on any atom is 0.273 e. The van der Waals surface area contributed by atoms with Gasteiger partial charge in [-0.3, -0.25) is 14.9 Å². The first-order valence-corrected chi connectivity index (χ1v) is 10.3. The lowest BCUT2D eigenvalue weighted by Gasteiger charge is -2.23. The zero-order valence-electron chi connectivity index (χ0n) is 14.6. The zero-order chi connectivity index (χ0) is 19.0. The van der Waals surface area contributed by atoms with Gasteiger partial charge in [0.25, 0.3) is 11.6 Å². The summed E-state index contributed by atoms with van der Waals surface area (Å²) in [6, 6.07) is 10.6. The third-order valence-electron chi connectivity index (χ3n) is 4.63. The highest BCUT2D eigenvalue weighted by molar-refractivity contribution is 7.13. The van der Waals surface area contributed by atoms with Crippen LogP contribution in [0.15, 0.2) is 41.8 Å². The highest BCUT2D eigenvalue weighted by atomic mass is 32.1. The predicted octanol–water partition coefficient (Wildman–Crippen LogP) is 5.07. The van der Waals surface area contributed by atoms with Gasteiger partial charge in [-0.2, -0.15) is 0 Å². The minimum absolute atomic E-state index is 0.0169. The second kappa shape index (κ2) is 7.21. The molecule has 1 aromatic carbocycles. The standard InChI is InChI=1S/C19H17N3O3S2/c1-12-7-8-17(27-12)16-6-3-9-21(16)19(23)15-11-26-18(20-15)13-4-2-5-14(10-13)22(24)25/h2,4-5,7-8,10-11,16H,3,6,9H2,1H3. The van der Waals surface area contributed by atoms with Crippen LogP contribution in [0.2, 0.25) is 0 Å². The molecule has 1 amide bonds. The number of hydrogen-bond acceptors (Lipinski definition) is 6. The van der Waals surface area contributed by atoms with Gasteiger partial charge in [0.1, 0.15) is 10.7 Å². The molecule has 2 aromatic heterocycles. The number of nitro groups is 1. The number of thiophene rings is 1. The van der Waals surface area contributed by atoms with Gasteiger partial charge in [0.05, 0.1) is 11.0 Å². The summed E-state index contributed by atoms with van der Waals surface area (Å²) in [5.41, 5.74) is 1.07. The molecule has 1 atom stereocenters. The third-order valence-corrected chi connectivity index (χ3v) is 6.62. The molecule has 0 radical (unpaired) electrons. The van der Waals surface area contributed by atoms with Crippen molar-refractivity contribution in [1.29, 1.82) is 0 Å². The number of benzene rings is 1. The molecule has 1 fully saturated rings. The van der Waals surface area contributed by atoms with Crippen LogP contribution in [0.5, 0.6) is 0 Å². The fourth-order valence-electron chi connectivity index (χ4n) is 3.34. The number of carbonyl (C=O) groups is 1. The van der Waals surface area contributed by atoms with E-state index in [1.54, 1.807) is 28.8 Å². The maximum absolute atomic E-state index is 13.0. The van der Waals surface area contributed by atoms with E-state index in [0.717, 1.165) is 19.4 Å². The summed E-state index contributed by atoms with van der Waals surface area (Å²) in [4.78, 5) is 32.4.